The van der Waals surface area contributed by atoms with E-state index in [4.69, 9.17) is 0 Å². The van der Waals surface area contributed by atoms with Crippen LogP contribution in [0.5, 0.6) is 0 Å². The molecule has 0 radical (unpaired) electrons. The highest BCUT2D eigenvalue weighted by molar-refractivity contribution is 5.85. The van der Waals surface area contributed by atoms with Crippen LogP contribution in [0.25, 0.3) is 0 Å². The molecule has 0 spiro atoms. The predicted octanol–water partition coefficient (Wildman–Crippen LogP) is 1.54. The molecule has 1 fully saturated rings. The summed E-state index contributed by atoms with van der Waals surface area (Å²) >= 11 is 0. The van der Waals surface area contributed by atoms with Crippen molar-refractivity contribution >= 4 is 18.3 Å². The molecule has 3 rings (SSSR count). The highest BCUT2D eigenvalue weighted by Gasteiger charge is 2.31. The molecular formula is C17H24ClFN6O. The lowest BCUT2D eigenvalue weighted by atomic mass is 10.0. The first-order valence-electron chi connectivity index (χ1n) is 8.53. The zero-order valence-corrected chi connectivity index (χ0v) is 15.7. The monoisotopic (exact) mass is 382 g/mol. The number of carbonyl (C=O) groups is 1. The summed E-state index contributed by atoms with van der Waals surface area (Å²) in [6.45, 7) is 3.15. The second-order valence-electron chi connectivity index (χ2n) is 6.43. The summed E-state index contributed by atoms with van der Waals surface area (Å²) in [7, 11) is 1.91. The molecule has 1 aliphatic heterocycles. The third kappa shape index (κ3) is 4.56. The second-order valence-corrected chi connectivity index (χ2v) is 6.43. The molecule has 0 aliphatic carbocycles. The molecule has 26 heavy (non-hydrogen) atoms. The average Bonchev–Trinajstić information content (AvgIpc) is 3.05. The Labute approximate surface area is 158 Å². The van der Waals surface area contributed by atoms with Gasteiger partial charge in [0.1, 0.15) is 17.7 Å². The van der Waals surface area contributed by atoms with Crippen molar-refractivity contribution in [3.63, 3.8) is 0 Å². The van der Waals surface area contributed by atoms with Crippen molar-refractivity contribution in [3.8, 4) is 0 Å². The third-order valence-corrected chi connectivity index (χ3v) is 4.70. The van der Waals surface area contributed by atoms with Gasteiger partial charge < -0.3 is 10.2 Å². The van der Waals surface area contributed by atoms with Crippen LogP contribution in [0.3, 0.4) is 0 Å². The number of likely N-dealkylation sites (N-methyl/N-ethyl adjacent to an activating group) is 1. The fourth-order valence-electron chi connectivity index (χ4n) is 3.32. The van der Waals surface area contributed by atoms with E-state index in [-0.39, 0.29) is 24.1 Å². The maximum atomic E-state index is 13.5. The predicted molar refractivity (Wildman–Crippen MR) is 97.6 cm³/mol. The Morgan fingerprint density at radius 2 is 2.27 bits per heavy atom. The molecule has 1 aromatic heterocycles. The lowest BCUT2D eigenvalue weighted by Crippen LogP contribution is -2.49. The Balaban J connectivity index is 0.00000243. The van der Waals surface area contributed by atoms with Gasteiger partial charge in [-0.15, -0.1) is 17.5 Å². The van der Waals surface area contributed by atoms with Gasteiger partial charge in [-0.2, -0.15) is 0 Å². The molecule has 0 bridgehead atoms. The van der Waals surface area contributed by atoms with E-state index in [0.717, 1.165) is 24.9 Å². The minimum absolute atomic E-state index is 0. The topological polar surface area (TPSA) is 75.9 Å². The SMILES string of the molecule is CNC1CCCN(C(=O)C(Cc2cccc(F)c2)n2nnnc2C)C1.Cl. The highest BCUT2D eigenvalue weighted by atomic mass is 35.5. The van der Waals surface area contributed by atoms with E-state index in [0.29, 0.717) is 24.8 Å². The number of rotatable bonds is 5. The van der Waals surface area contributed by atoms with Gasteiger partial charge in [-0.3, -0.25) is 4.79 Å². The Bertz CT molecular complexity index is 740. The number of aryl methyl sites for hydroxylation is 1. The Hall–Kier alpha value is -2.06. The van der Waals surface area contributed by atoms with Gasteiger partial charge in [-0.25, -0.2) is 9.07 Å². The van der Waals surface area contributed by atoms with Crippen LogP contribution in [0.2, 0.25) is 0 Å². The van der Waals surface area contributed by atoms with Crippen molar-refractivity contribution in [2.75, 3.05) is 20.1 Å². The summed E-state index contributed by atoms with van der Waals surface area (Å²) in [5, 5.41) is 14.8. The van der Waals surface area contributed by atoms with Gasteiger partial charge in [-0.05, 0) is 54.9 Å². The maximum Gasteiger partial charge on any atom is 0.247 e. The van der Waals surface area contributed by atoms with Gasteiger partial charge in [0.15, 0.2) is 0 Å². The molecule has 1 N–H and O–H groups in total. The van der Waals surface area contributed by atoms with Crippen LogP contribution in [-0.2, 0) is 11.2 Å². The minimum Gasteiger partial charge on any atom is -0.339 e. The van der Waals surface area contributed by atoms with Gasteiger partial charge >= 0.3 is 0 Å². The number of halogens is 2. The fraction of sp³-hybridized carbons (Fsp3) is 0.529. The van der Waals surface area contributed by atoms with Crippen LogP contribution in [-0.4, -0.2) is 57.2 Å². The number of nitrogens with zero attached hydrogens (tertiary/aromatic N) is 5. The lowest BCUT2D eigenvalue weighted by Gasteiger charge is -2.34. The first kappa shape index (κ1) is 20.3. The molecule has 1 aromatic carbocycles. The number of hydrogen-bond donors (Lipinski definition) is 1. The molecular weight excluding hydrogens is 359 g/mol. The first-order valence-corrected chi connectivity index (χ1v) is 8.53. The summed E-state index contributed by atoms with van der Waals surface area (Å²) in [4.78, 5) is 15.0. The zero-order valence-electron chi connectivity index (χ0n) is 14.9. The zero-order chi connectivity index (χ0) is 17.8. The Morgan fingerprint density at radius 1 is 1.46 bits per heavy atom. The molecule has 0 saturated carbocycles. The normalized spacial score (nSPS) is 18.3. The summed E-state index contributed by atoms with van der Waals surface area (Å²) < 4.78 is 15.1. The Morgan fingerprint density at radius 3 is 2.92 bits per heavy atom. The molecule has 1 aliphatic rings. The minimum atomic E-state index is -0.576. The number of benzene rings is 1. The van der Waals surface area contributed by atoms with Crippen molar-refractivity contribution in [1.29, 1.82) is 0 Å². The van der Waals surface area contributed by atoms with Crippen LogP contribution in [0.15, 0.2) is 24.3 Å². The second kappa shape index (κ2) is 9.05. The van der Waals surface area contributed by atoms with Crippen LogP contribution in [0.1, 0.15) is 30.3 Å². The summed E-state index contributed by atoms with van der Waals surface area (Å²) in [5.74, 6) is 0.224. The van der Waals surface area contributed by atoms with Gasteiger partial charge in [-0.1, -0.05) is 12.1 Å². The van der Waals surface area contributed by atoms with Crippen molar-refractivity contribution in [3.05, 3.63) is 41.5 Å². The van der Waals surface area contributed by atoms with E-state index >= 15 is 0 Å². The third-order valence-electron chi connectivity index (χ3n) is 4.70. The molecule has 2 unspecified atom stereocenters. The first-order chi connectivity index (χ1) is 12.1. The quantitative estimate of drug-likeness (QED) is 0.848. The molecule has 9 heteroatoms. The van der Waals surface area contributed by atoms with Crippen LogP contribution < -0.4 is 5.32 Å². The smallest absolute Gasteiger partial charge is 0.247 e. The van der Waals surface area contributed by atoms with E-state index < -0.39 is 6.04 Å². The van der Waals surface area contributed by atoms with Crippen molar-refractivity contribution in [2.45, 2.75) is 38.3 Å². The average molecular weight is 383 g/mol. The van der Waals surface area contributed by atoms with E-state index in [1.54, 1.807) is 13.0 Å². The number of piperidine rings is 1. The van der Waals surface area contributed by atoms with Crippen molar-refractivity contribution in [2.24, 2.45) is 0 Å². The standard InChI is InChI=1S/C17H23FN6O.ClH/c1-12-20-21-22-24(12)16(10-13-5-3-6-14(18)9-13)17(25)23-8-4-7-15(11-23)19-2;/h3,5-6,9,15-16,19H,4,7-8,10-11H2,1-2H3;1H. The number of carbonyl (C=O) groups excluding carboxylic acids is 1. The molecule has 2 heterocycles. The van der Waals surface area contributed by atoms with E-state index in [9.17, 15) is 9.18 Å². The van der Waals surface area contributed by atoms with Crippen LogP contribution >= 0.6 is 12.4 Å². The van der Waals surface area contributed by atoms with Gasteiger partial charge in [0.25, 0.3) is 0 Å². The number of hydrogen-bond acceptors (Lipinski definition) is 5. The Kier molecular flexibility index (Phi) is 7.05. The molecule has 7 nitrogen and oxygen atoms in total. The molecule has 142 valence electrons. The number of likely N-dealkylation sites (tertiary alicyclic amines) is 1. The summed E-state index contributed by atoms with van der Waals surface area (Å²) in [6.07, 6.45) is 2.36. The largest absolute Gasteiger partial charge is 0.339 e. The maximum absolute atomic E-state index is 13.5. The molecule has 1 amide bonds. The van der Waals surface area contributed by atoms with E-state index in [2.05, 4.69) is 20.8 Å². The van der Waals surface area contributed by atoms with Crippen LogP contribution in [0, 0.1) is 12.7 Å². The number of amides is 1. The number of tetrazole rings is 1. The molecule has 2 atom stereocenters. The van der Waals surface area contributed by atoms with Crippen molar-refractivity contribution in [1.82, 2.24) is 30.4 Å². The fourth-order valence-corrected chi connectivity index (χ4v) is 3.32. The molecule has 1 saturated heterocycles. The number of aromatic nitrogens is 4. The lowest BCUT2D eigenvalue weighted by molar-refractivity contribution is -0.136. The number of nitrogens with one attached hydrogen (secondary N) is 1. The highest BCUT2D eigenvalue weighted by Crippen LogP contribution is 2.21. The van der Waals surface area contributed by atoms with E-state index in [1.165, 1.54) is 16.8 Å². The van der Waals surface area contributed by atoms with Gasteiger partial charge in [0.05, 0.1) is 0 Å². The van der Waals surface area contributed by atoms with Gasteiger partial charge in [0.2, 0.25) is 5.91 Å². The summed E-state index contributed by atoms with van der Waals surface area (Å²) in [5.41, 5.74) is 0.746. The molecule has 2 aromatic rings. The van der Waals surface area contributed by atoms with Crippen molar-refractivity contribution < 1.29 is 9.18 Å². The summed E-state index contributed by atoms with van der Waals surface area (Å²) in [6, 6.07) is 6.03. The van der Waals surface area contributed by atoms with E-state index in [1.807, 2.05) is 18.0 Å². The van der Waals surface area contributed by atoms with Crippen LogP contribution in [0.4, 0.5) is 4.39 Å². The van der Waals surface area contributed by atoms with Gasteiger partial charge in [0, 0.05) is 25.6 Å².